The first-order chi connectivity index (χ1) is 21.4. The summed E-state index contributed by atoms with van der Waals surface area (Å²) in [6, 6.07) is 22.5. The van der Waals surface area contributed by atoms with Crippen LogP contribution in [0.15, 0.2) is 79.4 Å². The van der Waals surface area contributed by atoms with Gasteiger partial charge in [-0.1, -0.05) is 73.3 Å². The summed E-state index contributed by atoms with van der Waals surface area (Å²) in [5.41, 5.74) is 4.35. The molecular formula is C38H46Cl2N2O2. The number of halogens is 2. The third-order valence-corrected chi connectivity index (χ3v) is 9.96. The van der Waals surface area contributed by atoms with E-state index in [9.17, 15) is 4.79 Å². The van der Waals surface area contributed by atoms with Crippen LogP contribution in [0.5, 0.6) is 5.75 Å². The van der Waals surface area contributed by atoms with Crippen molar-refractivity contribution in [3.8, 4) is 5.75 Å². The van der Waals surface area contributed by atoms with E-state index in [0.717, 1.165) is 85.9 Å². The number of carbonyl (C=O) groups is 1. The lowest BCUT2D eigenvalue weighted by molar-refractivity contribution is 0.0930. The van der Waals surface area contributed by atoms with Crippen LogP contribution in [0, 0.1) is 11.8 Å². The first-order valence-electron chi connectivity index (χ1n) is 16.3. The molecule has 2 aliphatic rings. The summed E-state index contributed by atoms with van der Waals surface area (Å²) >= 11 is 12.1. The average Bonchev–Trinajstić information content (AvgIpc) is 3.27. The summed E-state index contributed by atoms with van der Waals surface area (Å²) in [4.78, 5) is 15.8. The molecular weight excluding hydrogens is 587 g/mol. The van der Waals surface area contributed by atoms with Gasteiger partial charge in [0.2, 0.25) is 0 Å². The van der Waals surface area contributed by atoms with Crippen LogP contribution in [0.4, 0.5) is 0 Å². The summed E-state index contributed by atoms with van der Waals surface area (Å²) < 4.78 is 6.51. The van der Waals surface area contributed by atoms with Crippen molar-refractivity contribution in [3.63, 3.8) is 0 Å². The van der Waals surface area contributed by atoms with Crippen molar-refractivity contribution in [3.05, 3.63) is 112 Å². The van der Waals surface area contributed by atoms with Crippen LogP contribution in [-0.2, 0) is 19.4 Å². The zero-order chi connectivity index (χ0) is 30.9. The molecule has 0 aromatic heterocycles. The highest BCUT2D eigenvalue weighted by Crippen LogP contribution is 2.32. The molecule has 1 aliphatic heterocycles. The minimum atomic E-state index is 0.00929. The molecule has 44 heavy (non-hydrogen) atoms. The third-order valence-electron chi connectivity index (χ3n) is 9.46. The van der Waals surface area contributed by atoms with Crippen molar-refractivity contribution in [2.24, 2.45) is 11.8 Å². The van der Waals surface area contributed by atoms with Crippen LogP contribution in [0.25, 0.3) is 0 Å². The van der Waals surface area contributed by atoms with E-state index in [1.807, 2.05) is 48.5 Å². The lowest BCUT2D eigenvalue weighted by Gasteiger charge is -2.32. The smallest absolute Gasteiger partial charge is 0.251 e. The van der Waals surface area contributed by atoms with Crippen LogP contribution >= 0.6 is 23.2 Å². The summed E-state index contributed by atoms with van der Waals surface area (Å²) in [5, 5.41) is 4.92. The molecule has 0 radical (unpaired) electrons. The number of piperidine rings is 1. The molecule has 5 rings (SSSR count). The van der Waals surface area contributed by atoms with Gasteiger partial charge in [0.15, 0.2) is 0 Å². The second kappa shape index (κ2) is 16.0. The van der Waals surface area contributed by atoms with Gasteiger partial charge in [0.05, 0.1) is 0 Å². The number of ether oxygens (including phenoxy) is 1. The number of rotatable bonds is 11. The Kier molecular flexibility index (Phi) is 11.8. The number of allylic oxidation sites excluding steroid dienone is 1. The summed E-state index contributed by atoms with van der Waals surface area (Å²) in [6.07, 6.45) is 11.3. The van der Waals surface area contributed by atoms with Crippen molar-refractivity contribution in [1.82, 2.24) is 10.2 Å². The fourth-order valence-corrected chi connectivity index (χ4v) is 7.09. The fraction of sp³-hybridized carbons (Fsp3) is 0.447. The molecule has 3 unspecified atom stereocenters. The molecule has 1 saturated carbocycles. The van der Waals surface area contributed by atoms with Gasteiger partial charge in [0.1, 0.15) is 11.9 Å². The number of hydrogen-bond acceptors (Lipinski definition) is 3. The van der Waals surface area contributed by atoms with Crippen LogP contribution < -0.4 is 10.1 Å². The van der Waals surface area contributed by atoms with E-state index in [0.29, 0.717) is 23.8 Å². The van der Waals surface area contributed by atoms with Gasteiger partial charge in [-0.15, -0.1) is 6.58 Å². The highest BCUT2D eigenvalue weighted by molar-refractivity contribution is 6.30. The van der Waals surface area contributed by atoms with Crippen molar-refractivity contribution in [2.75, 3.05) is 13.1 Å². The highest BCUT2D eigenvalue weighted by atomic mass is 35.5. The molecule has 6 heteroatoms. The number of amides is 1. The lowest BCUT2D eigenvalue weighted by atomic mass is 9.83. The van der Waals surface area contributed by atoms with E-state index in [1.54, 1.807) is 0 Å². The van der Waals surface area contributed by atoms with Gasteiger partial charge in [-0.05, 0) is 116 Å². The maximum absolute atomic E-state index is 13.4. The van der Waals surface area contributed by atoms with Gasteiger partial charge >= 0.3 is 0 Å². The standard InChI is InChI=1S/C38H46Cl2N2O2/c1-3-5-31-25-32(13-19-37(31)44-36-20-22-42(23-21-36)26-29-10-16-34(40)17-11-29)38(43)41-35-7-4-6-30(12-18-35)27(2)24-28-8-14-33(39)15-9-28/h3,8-11,13-17,19,25,27,30,35-36H,1,4-7,12,18,20-24,26H2,2H3,(H,41,43). The zero-order valence-electron chi connectivity index (χ0n) is 25.9. The number of likely N-dealkylation sites (tertiary alicyclic amines) is 1. The van der Waals surface area contributed by atoms with E-state index >= 15 is 0 Å². The molecule has 0 spiro atoms. The number of nitrogens with one attached hydrogen (secondary N) is 1. The predicted molar refractivity (Wildman–Crippen MR) is 183 cm³/mol. The van der Waals surface area contributed by atoms with E-state index in [-0.39, 0.29) is 18.1 Å². The van der Waals surface area contributed by atoms with Crippen LogP contribution in [0.1, 0.15) is 78.9 Å². The largest absolute Gasteiger partial charge is 0.490 e. The number of carbonyl (C=O) groups excluding carboxylic acids is 1. The Bertz CT molecular complexity index is 1370. The SMILES string of the molecule is C=CCc1cc(C(=O)NC2CCCC(C(C)Cc3ccc(Cl)cc3)CC2)ccc1OC1CCN(Cc2ccc(Cl)cc2)CC1. The van der Waals surface area contributed by atoms with E-state index in [1.165, 1.54) is 17.5 Å². The van der Waals surface area contributed by atoms with Crippen molar-refractivity contribution in [2.45, 2.75) is 83.4 Å². The minimum absolute atomic E-state index is 0.00929. The zero-order valence-corrected chi connectivity index (χ0v) is 27.5. The molecule has 2 fully saturated rings. The molecule has 4 nitrogen and oxygen atoms in total. The van der Waals surface area contributed by atoms with Crippen molar-refractivity contribution < 1.29 is 9.53 Å². The molecule has 0 bridgehead atoms. The Morgan fingerprint density at radius 2 is 1.61 bits per heavy atom. The molecule has 1 heterocycles. The quantitative estimate of drug-likeness (QED) is 0.169. The van der Waals surface area contributed by atoms with Gasteiger partial charge in [-0.2, -0.15) is 0 Å². The van der Waals surface area contributed by atoms with Gasteiger partial charge in [-0.25, -0.2) is 0 Å². The summed E-state index contributed by atoms with van der Waals surface area (Å²) in [5.74, 6) is 2.16. The molecule has 3 aromatic carbocycles. The van der Waals surface area contributed by atoms with Crippen molar-refractivity contribution in [1.29, 1.82) is 0 Å². The second-order valence-electron chi connectivity index (χ2n) is 12.8. The number of nitrogens with zero attached hydrogens (tertiary/aromatic N) is 1. The van der Waals surface area contributed by atoms with E-state index < -0.39 is 0 Å². The van der Waals surface area contributed by atoms with E-state index in [2.05, 4.69) is 48.0 Å². The monoisotopic (exact) mass is 632 g/mol. The van der Waals surface area contributed by atoms with Crippen LogP contribution in [0.3, 0.4) is 0 Å². The topological polar surface area (TPSA) is 41.6 Å². The fourth-order valence-electron chi connectivity index (χ4n) is 6.83. The predicted octanol–water partition coefficient (Wildman–Crippen LogP) is 9.32. The van der Waals surface area contributed by atoms with E-state index in [4.69, 9.17) is 27.9 Å². The van der Waals surface area contributed by atoms with Gasteiger partial charge in [0.25, 0.3) is 5.91 Å². The van der Waals surface area contributed by atoms with Gasteiger partial charge < -0.3 is 10.1 Å². The first-order valence-corrected chi connectivity index (χ1v) is 17.0. The number of benzene rings is 3. The normalized spacial score (nSPS) is 20.4. The van der Waals surface area contributed by atoms with Gasteiger partial charge in [-0.3, -0.25) is 9.69 Å². The average molecular weight is 634 g/mol. The Balaban J connectivity index is 1.11. The molecule has 3 aromatic rings. The Morgan fingerprint density at radius 3 is 2.30 bits per heavy atom. The summed E-state index contributed by atoms with van der Waals surface area (Å²) in [7, 11) is 0. The first kappa shape index (κ1) is 32.6. The van der Waals surface area contributed by atoms with Crippen LogP contribution in [0.2, 0.25) is 10.0 Å². The highest BCUT2D eigenvalue weighted by Gasteiger charge is 2.25. The minimum Gasteiger partial charge on any atom is -0.490 e. The second-order valence-corrected chi connectivity index (χ2v) is 13.7. The molecule has 3 atom stereocenters. The van der Waals surface area contributed by atoms with Crippen LogP contribution in [-0.4, -0.2) is 36.0 Å². The molecule has 1 aliphatic carbocycles. The third kappa shape index (κ3) is 9.36. The maximum atomic E-state index is 13.4. The van der Waals surface area contributed by atoms with Crippen molar-refractivity contribution >= 4 is 29.1 Å². The summed E-state index contributed by atoms with van der Waals surface area (Å²) in [6.45, 7) is 9.24. The molecule has 1 N–H and O–H groups in total. The van der Waals surface area contributed by atoms with Gasteiger partial charge in [0, 0.05) is 41.3 Å². The molecule has 1 amide bonds. The molecule has 1 saturated heterocycles. The lowest BCUT2D eigenvalue weighted by Crippen LogP contribution is -2.38. The maximum Gasteiger partial charge on any atom is 0.251 e. The number of hydrogen-bond donors (Lipinski definition) is 1. The Morgan fingerprint density at radius 1 is 0.932 bits per heavy atom. The Labute approximate surface area is 273 Å². The molecule has 234 valence electrons. The Hall–Kier alpha value is -2.79.